The second-order valence-corrected chi connectivity index (χ2v) is 6.23. The number of esters is 1. The van der Waals surface area contributed by atoms with Crippen molar-refractivity contribution in [2.75, 3.05) is 24.4 Å². The predicted molar refractivity (Wildman–Crippen MR) is 106 cm³/mol. The molecule has 7 nitrogen and oxygen atoms in total. The molecule has 0 atom stereocenters. The number of carbonyl (C=O) groups is 3. The van der Waals surface area contributed by atoms with Crippen LogP contribution in [0.25, 0.3) is 0 Å². The molecule has 2 rings (SSSR count). The molecule has 7 heteroatoms. The smallest absolute Gasteiger partial charge is 0.306 e. The first-order valence-electron chi connectivity index (χ1n) is 8.84. The van der Waals surface area contributed by atoms with Gasteiger partial charge in [0.1, 0.15) is 5.75 Å². The Morgan fingerprint density at radius 1 is 0.893 bits per heavy atom. The first-order valence-corrected chi connectivity index (χ1v) is 8.84. The Morgan fingerprint density at radius 2 is 1.61 bits per heavy atom. The normalized spacial score (nSPS) is 10.1. The number of rotatable bonds is 8. The lowest BCUT2D eigenvalue weighted by Crippen LogP contribution is -2.22. The molecule has 0 unspecified atom stereocenters. The highest BCUT2D eigenvalue weighted by Gasteiger charge is 2.12. The second kappa shape index (κ2) is 10.1. The van der Waals surface area contributed by atoms with Crippen LogP contribution in [0.5, 0.6) is 5.75 Å². The summed E-state index contributed by atoms with van der Waals surface area (Å²) < 4.78 is 9.97. The van der Waals surface area contributed by atoms with Gasteiger partial charge in [-0.3, -0.25) is 14.4 Å². The molecule has 0 aliphatic carbocycles. The zero-order chi connectivity index (χ0) is 20.5. The SMILES string of the molecule is COc1ccc(NC(=O)CCC(=O)OCC(=O)Nc2cccc(C)c2C)cc1. The van der Waals surface area contributed by atoms with E-state index in [-0.39, 0.29) is 18.7 Å². The molecule has 0 aliphatic heterocycles. The van der Waals surface area contributed by atoms with Crippen LogP contribution in [0.3, 0.4) is 0 Å². The molecule has 0 aliphatic rings. The fourth-order valence-electron chi connectivity index (χ4n) is 2.40. The van der Waals surface area contributed by atoms with E-state index in [1.165, 1.54) is 0 Å². The molecule has 28 heavy (non-hydrogen) atoms. The van der Waals surface area contributed by atoms with Gasteiger partial charge in [-0.15, -0.1) is 0 Å². The van der Waals surface area contributed by atoms with Gasteiger partial charge in [0.25, 0.3) is 5.91 Å². The Kier molecular flexibility index (Phi) is 7.56. The van der Waals surface area contributed by atoms with Crippen molar-refractivity contribution in [3.8, 4) is 5.75 Å². The van der Waals surface area contributed by atoms with Crippen LogP contribution < -0.4 is 15.4 Å². The van der Waals surface area contributed by atoms with Crippen molar-refractivity contribution in [2.24, 2.45) is 0 Å². The van der Waals surface area contributed by atoms with E-state index in [2.05, 4.69) is 10.6 Å². The number of anilines is 2. The van der Waals surface area contributed by atoms with Gasteiger partial charge in [0.05, 0.1) is 13.5 Å². The van der Waals surface area contributed by atoms with E-state index in [9.17, 15) is 14.4 Å². The number of benzene rings is 2. The van der Waals surface area contributed by atoms with Crippen LogP contribution >= 0.6 is 0 Å². The van der Waals surface area contributed by atoms with Crippen molar-refractivity contribution in [3.63, 3.8) is 0 Å². The third-order valence-electron chi connectivity index (χ3n) is 4.17. The molecule has 0 bridgehead atoms. The van der Waals surface area contributed by atoms with Gasteiger partial charge in [0, 0.05) is 17.8 Å². The minimum absolute atomic E-state index is 0.0382. The Morgan fingerprint density at radius 3 is 2.29 bits per heavy atom. The van der Waals surface area contributed by atoms with E-state index in [4.69, 9.17) is 9.47 Å². The first-order chi connectivity index (χ1) is 13.4. The van der Waals surface area contributed by atoms with Gasteiger partial charge in [-0.25, -0.2) is 0 Å². The lowest BCUT2D eigenvalue weighted by atomic mass is 10.1. The van der Waals surface area contributed by atoms with Crippen molar-refractivity contribution in [2.45, 2.75) is 26.7 Å². The molecule has 2 N–H and O–H groups in total. The number of carbonyl (C=O) groups excluding carboxylic acids is 3. The summed E-state index contributed by atoms with van der Waals surface area (Å²) in [5.74, 6) is -0.673. The predicted octanol–water partition coefficient (Wildman–Crippen LogP) is 3.21. The molecule has 0 saturated heterocycles. The second-order valence-electron chi connectivity index (χ2n) is 6.23. The van der Waals surface area contributed by atoms with E-state index < -0.39 is 18.5 Å². The van der Waals surface area contributed by atoms with Gasteiger partial charge >= 0.3 is 5.97 Å². The minimum atomic E-state index is -0.610. The molecule has 0 radical (unpaired) electrons. The van der Waals surface area contributed by atoms with E-state index in [0.29, 0.717) is 17.1 Å². The maximum atomic E-state index is 11.9. The number of hydrogen-bond acceptors (Lipinski definition) is 5. The van der Waals surface area contributed by atoms with Gasteiger partial charge in [-0.05, 0) is 55.3 Å². The number of ether oxygens (including phenoxy) is 2. The molecule has 0 heterocycles. The van der Waals surface area contributed by atoms with Crippen LogP contribution in [0.15, 0.2) is 42.5 Å². The topological polar surface area (TPSA) is 93.7 Å². The monoisotopic (exact) mass is 384 g/mol. The molecule has 2 aromatic carbocycles. The van der Waals surface area contributed by atoms with Crippen molar-refractivity contribution in [1.82, 2.24) is 0 Å². The lowest BCUT2D eigenvalue weighted by Gasteiger charge is -2.10. The molecule has 0 spiro atoms. The van der Waals surface area contributed by atoms with E-state index in [1.54, 1.807) is 37.4 Å². The fourth-order valence-corrected chi connectivity index (χ4v) is 2.40. The standard InChI is InChI=1S/C21H24N2O5/c1-14-5-4-6-18(15(14)2)23-20(25)13-28-21(26)12-11-19(24)22-16-7-9-17(27-3)10-8-16/h4-10H,11-13H2,1-3H3,(H,22,24)(H,23,25). The average molecular weight is 384 g/mol. The van der Waals surface area contributed by atoms with E-state index in [1.807, 2.05) is 26.0 Å². The summed E-state index contributed by atoms with van der Waals surface area (Å²) in [6.07, 6.45) is -0.151. The number of hydrogen-bond donors (Lipinski definition) is 2. The summed E-state index contributed by atoms with van der Waals surface area (Å²) in [5.41, 5.74) is 3.29. The molecule has 0 aromatic heterocycles. The highest BCUT2D eigenvalue weighted by Crippen LogP contribution is 2.18. The Bertz CT molecular complexity index is 846. The summed E-state index contributed by atoms with van der Waals surface area (Å²) in [6.45, 7) is 3.45. The Labute approximate surface area is 164 Å². The van der Waals surface area contributed by atoms with Crippen LogP contribution in [0.1, 0.15) is 24.0 Å². The molecule has 2 aromatic rings. The average Bonchev–Trinajstić information content (AvgIpc) is 2.69. The van der Waals surface area contributed by atoms with Gasteiger partial charge < -0.3 is 20.1 Å². The maximum absolute atomic E-state index is 11.9. The molecule has 2 amide bonds. The minimum Gasteiger partial charge on any atom is -0.497 e. The van der Waals surface area contributed by atoms with Crippen LogP contribution in [0, 0.1) is 13.8 Å². The summed E-state index contributed by atoms with van der Waals surface area (Å²) in [6, 6.07) is 12.4. The van der Waals surface area contributed by atoms with Gasteiger partial charge in [-0.1, -0.05) is 12.1 Å². The molecule has 0 fully saturated rings. The van der Waals surface area contributed by atoms with Gasteiger partial charge in [0.2, 0.25) is 5.91 Å². The van der Waals surface area contributed by atoms with Crippen LogP contribution in [0.4, 0.5) is 11.4 Å². The van der Waals surface area contributed by atoms with Gasteiger partial charge in [-0.2, -0.15) is 0 Å². The van der Waals surface area contributed by atoms with E-state index >= 15 is 0 Å². The number of aryl methyl sites for hydroxylation is 1. The van der Waals surface area contributed by atoms with E-state index in [0.717, 1.165) is 11.1 Å². The maximum Gasteiger partial charge on any atom is 0.306 e. The van der Waals surface area contributed by atoms with Crippen LogP contribution in [-0.4, -0.2) is 31.5 Å². The first kappa shape index (κ1) is 21.0. The third-order valence-corrected chi connectivity index (χ3v) is 4.17. The zero-order valence-corrected chi connectivity index (χ0v) is 16.2. The summed E-state index contributed by atoms with van der Waals surface area (Å²) in [4.78, 5) is 35.6. The summed E-state index contributed by atoms with van der Waals surface area (Å²) in [5, 5.41) is 5.38. The molecular weight excluding hydrogens is 360 g/mol. The van der Waals surface area contributed by atoms with Crippen LogP contribution in [-0.2, 0) is 19.1 Å². The molecular formula is C21H24N2O5. The Balaban J connectivity index is 1.70. The molecule has 148 valence electrons. The van der Waals surface area contributed by atoms with Crippen molar-refractivity contribution in [3.05, 3.63) is 53.6 Å². The number of nitrogens with one attached hydrogen (secondary N) is 2. The lowest BCUT2D eigenvalue weighted by molar-refractivity contribution is -0.147. The molecule has 0 saturated carbocycles. The fraction of sp³-hybridized carbons (Fsp3) is 0.286. The largest absolute Gasteiger partial charge is 0.497 e. The van der Waals surface area contributed by atoms with Gasteiger partial charge in [0.15, 0.2) is 6.61 Å². The number of amides is 2. The highest BCUT2D eigenvalue weighted by atomic mass is 16.5. The quantitative estimate of drug-likeness (QED) is 0.682. The van der Waals surface area contributed by atoms with Crippen molar-refractivity contribution in [1.29, 1.82) is 0 Å². The highest BCUT2D eigenvalue weighted by molar-refractivity contribution is 5.95. The van der Waals surface area contributed by atoms with Crippen molar-refractivity contribution < 1.29 is 23.9 Å². The summed E-state index contributed by atoms with van der Waals surface area (Å²) in [7, 11) is 1.56. The Hall–Kier alpha value is -3.35. The zero-order valence-electron chi connectivity index (χ0n) is 16.2. The third kappa shape index (κ3) is 6.42. The van der Waals surface area contributed by atoms with Crippen LogP contribution in [0.2, 0.25) is 0 Å². The summed E-state index contributed by atoms with van der Waals surface area (Å²) >= 11 is 0. The van der Waals surface area contributed by atoms with Crippen molar-refractivity contribution >= 4 is 29.2 Å². The number of methoxy groups -OCH3 is 1.